The minimum absolute atomic E-state index is 0.0699. The predicted molar refractivity (Wildman–Crippen MR) is 100.0 cm³/mol. The van der Waals surface area contributed by atoms with Crippen LogP contribution in [0, 0.1) is 0 Å². The fourth-order valence-corrected chi connectivity index (χ4v) is 3.31. The van der Waals surface area contributed by atoms with Gasteiger partial charge in [-0.1, -0.05) is 12.1 Å². The summed E-state index contributed by atoms with van der Waals surface area (Å²) in [4.78, 5) is 28.6. The topological polar surface area (TPSA) is 68.3 Å². The van der Waals surface area contributed by atoms with Crippen molar-refractivity contribution in [3.05, 3.63) is 24.3 Å². The second kappa shape index (κ2) is 7.66. The number of benzene rings is 1. The van der Waals surface area contributed by atoms with Crippen molar-refractivity contribution < 1.29 is 23.8 Å². The molecule has 1 fully saturated rings. The van der Waals surface area contributed by atoms with E-state index in [1.807, 2.05) is 39.0 Å². The number of amides is 2. The van der Waals surface area contributed by atoms with Crippen LogP contribution in [-0.4, -0.2) is 66.3 Å². The van der Waals surface area contributed by atoms with E-state index in [2.05, 4.69) is 0 Å². The van der Waals surface area contributed by atoms with Crippen molar-refractivity contribution in [3.63, 3.8) is 0 Å². The molecule has 2 aliphatic rings. The number of likely N-dealkylation sites (N-methyl/N-ethyl adjacent to an activating group) is 1. The smallest absolute Gasteiger partial charge is 0.410 e. The predicted octanol–water partition coefficient (Wildman–Crippen LogP) is 2.68. The number of nitrogens with zero attached hydrogens (tertiary/aromatic N) is 2. The van der Waals surface area contributed by atoms with E-state index in [0.29, 0.717) is 24.6 Å². The normalized spacial score (nSPS) is 22.1. The molecule has 0 N–H and O–H groups in total. The molecule has 2 heterocycles. The van der Waals surface area contributed by atoms with E-state index in [9.17, 15) is 9.59 Å². The average Bonchev–Trinajstić information content (AvgIpc) is 2.65. The standard InChI is InChI=1S/C20H28N2O5/c1-20(2,3)27-19(24)22-11-7-8-14(12-22)21(4)18(23)17-13-25-15-9-5-6-10-16(15)26-17/h5-6,9-10,14,17H,7-8,11-13H2,1-4H3/t14-,17?/m0/s1. The molecule has 2 amide bonds. The molecule has 0 spiro atoms. The maximum Gasteiger partial charge on any atom is 0.410 e. The summed E-state index contributed by atoms with van der Waals surface area (Å²) >= 11 is 0. The number of ether oxygens (including phenoxy) is 3. The minimum Gasteiger partial charge on any atom is -0.485 e. The minimum atomic E-state index is -0.679. The van der Waals surface area contributed by atoms with E-state index >= 15 is 0 Å². The highest BCUT2D eigenvalue weighted by Gasteiger charge is 2.35. The first-order chi connectivity index (χ1) is 12.7. The molecule has 0 aliphatic carbocycles. The van der Waals surface area contributed by atoms with E-state index in [0.717, 1.165) is 12.8 Å². The Morgan fingerprint density at radius 2 is 1.93 bits per heavy atom. The van der Waals surface area contributed by atoms with Crippen LogP contribution in [0.25, 0.3) is 0 Å². The lowest BCUT2D eigenvalue weighted by Crippen LogP contribution is -2.54. The molecule has 7 heteroatoms. The van der Waals surface area contributed by atoms with Gasteiger partial charge in [0.1, 0.15) is 12.2 Å². The number of carbonyl (C=O) groups excluding carboxylic acids is 2. The molecular formula is C20H28N2O5. The van der Waals surface area contributed by atoms with E-state index in [4.69, 9.17) is 14.2 Å². The Hall–Kier alpha value is -2.44. The summed E-state index contributed by atoms with van der Waals surface area (Å²) in [7, 11) is 1.76. The summed E-state index contributed by atoms with van der Waals surface area (Å²) in [6, 6.07) is 7.25. The van der Waals surface area contributed by atoms with E-state index in [1.54, 1.807) is 22.9 Å². The van der Waals surface area contributed by atoms with E-state index < -0.39 is 11.7 Å². The third-order valence-electron chi connectivity index (χ3n) is 4.73. The number of likely N-dealkylation sites (tertiary alicyclic amines) is 1. The number of hydrogen-bond acceptors (Lipinski definition) is 5. The van der Waals surface area contributed by atoms with Crippen LogP contribution in [0.15, 0.2) is 24.3 Å². The van der Waals surface area contributed by atoms with Crippen molar-refractivity contribution in [2.24, 2.45) is 0 Å². The second-order valence-electron chi connectivity index (χ2n) is 8.04. The highest BCUT2D eigenvalue weighted by atomic mass is 16.6. The first-order valence-electron chi connectivity index (χ1n) is 9.37. The molecule has 0 radical (unpaired) electrons. The molecule has 148 valence electrons. The van der Waals surface area contributed by atoms with Crippen molar-refractivity contribution >= 4 is 12.0 Å². The molecule has 0 bridgehead atoms. The van der Waals surface area contributed by atoms with Gasteiger partial charge in [0, 0.05) is 26.2 Å². The van der Waals surface area contributed by atoms with Crippen LogP contribution in [-0.2, 0) is 9.53 Å². The lowest BCUT2D eigenvalue weighted by atomic mass is 10.0. The summed E-state index contributed by atoms with van der Waals surface area (Å²) in [6.07, 6.45) is 0.652. The zero-order chi connectivity index (χ0) is 19.6. The van der Waals surface area contributed by atoms with Gasteiger partial charge >= 0.3 is 6.09 Å². The molecule has 1 unspecified atom stereocenters. The van der Waals surface area contributed by atoms with Crippen molar-refractivity contribution in [3.8, 4) is 11.5 Å². The van der Waals surface area contributed by atoms with Crippen molar-refractivity contribution in [1.29, 1.82) is 0 Å². The summed E-state index contributed by atoms with van der Waals surface area (Å²) in [5.41, 5.74) is -0.535. The number of piperidine rings is 1. The van der Waals surface area contributed by atoms with Crippen molar-refractivity contribution in [2.75, 3.05) is 26.7 Å². The van der Waals surface area contributed by atoms with Gasteiger partial charge in [-0.25, -0.2) is 4.79 Å². The quantitative estimate of drug-likeness (QED) is 0.794. The van der Waals surface area contributed by atoms with Gasteiger partial charge in [0.05, 0.1) is 0 Å². The Morgan fingerprint density at radius 1 is 1.22 bits per heavy atom. The summed E-state index contributed by atoms with van der Waals surface area (Å²) in [6.45, 7) is 6.83. The summed E-state index contributed by atoms with van der Waals surface area (Å²) in [5, 5.41) is 0. The van der Waals surface area contributed by atoms with Crippen LogP contribution in [0.1, 0.15) is 33.6 Å². The van der Waals surface area contributed by atoms with Crippen LogP contribution < -0.4 is 9.47 Å². The maximum absolute atomic E-state index is 12.9. The van der Waals surface area contributed by atoms with Gasteiger partial charge in [0.25, 0.3) is 5.91 Å². The number of hydrogen-bond donors (Lipinski definition) is 0. The first kappa shape index (κ1) is 19.3. The SMILES string of the molecule is CN(C(=O)C1COc2ccccc2O1)[C@H]1CCCN(C(=O)OC(C)(C)C)C1. The highest BCUT2D eigenvalue weighted by Crippen LogP contribution is 2.31. The Bertz CT molecular complexity index is 700. The van der Waals surface area contributed by atoms with Crippen LogP contribution in [0.3, 0.4) is 0 Å². The average molecular weight is 376 g/mol. The van der Waals surface area contributed by atoms with E-state index in [-0.39, 0.29) is 24.6 Å². The molecular weight excluding hydrogens is 348 g/mol. The molecule has 1 aromatic rings. The van der Waals surface area contributed by atoms with Crippen LogP contribution in [0.2, 0.25) is 0 Å². The fraction of sp³-hybridized carbons (Fsp3) is 0.600. The molecule has 2 atom stereocenters. The number of para-hydroxylation sites is 2. The zero-order valence-corrected chi connectivity index (χ0v) is 16.4. The largest absolute Gasteiger partial charge is 0.485 e. The Morgan fingerprint density at radius 3 is 2.63 bits per heavy atom. The molecule has 2 aliphatic heterocycles. The number of fused-ring (bicyclic) bond motifs is 1. The number of carbonyl (C=O) groups is 2. The molecule has 1 aromatic carbocycles. The van der Waals surface area contributed by atoms with Crippen LogP contribution in [0.5, 0.6) is 11.5 Å². The molecule has 7 nitrogen and oxygen atoms in total. The zero-order valence-electron chi connectivity index (χ0n) is 16.4. The Labute approximate surface area is 160 Å². The third kappa shape index (κ3) is 4.64. The van der Waals surface area contributed by atoms with Crippen LogP contribution >= 0.6 is 0 Å². The molecule has 1 saturated heterocycles. The van der Waals surface area contributed by atoms with Gasteiger partial charge in [-0.15, -0.1) is 0 Å². The molecule has 27 heavy (non-hydrogen) atoms. The number of rotatable bonds is 2. The highest BCUT2D eigenvalue weighted by molar-refractivity contribution is 5.82. The lowest BCUT2D eigenvalue weighted by Gasteiger charge is -2.39. The van der Waals surface area contributed by atoms with E-state index in [1.165, 1.54) is 0 Å². The monoisotopic (exact) mass is 376 g/mol. The van der Waals surface area contributed by atoms with Gasteiger partial charge in [-0.2, -0.15) is 0 Å². The lowest BCUT2D eigenvalue weighted by molar-refractivity contribution is -0.143. The van der Waals surface area contributed by atoms with Gasteiger partial charge < -0.3 is 24.0 Å². The Kier molecular flexibility index (Phi) is 5.48. The summed E-state index contributed by atoms with van der Waals surface area (Å²) in [5.74, 6) is 1.09. The van der Waals surface area contributed by atoms with Crippen molar-refractivity contribution in [1.82, 2.24) is 9.80 Å². The Balaban J connectivity index is 1.61. The van der Waals surface area contributed by atoms with Crippen molar-refractivity contribution in [2.45, 2.75) is 51.4 Å². The molecule has 0 aromatic heterocycles. The van der Waals surface area contributed by atoms with Gasteiger partial charge in [0.15, 0.2) is 11.5 Å². The van der Waals surface area contributed by atoms with Crippen LogP contribution in [0.4, 0.5) is 4.79 Å². The molecule has 3 rings (SSSR count). The first-order valence-corrected chi connectivity index (χ1v) is 9.37. The second-order valence-corrected chi connectivity index (χ2v) is 8.04. The maximum atomic E-state index is 12.9. The third-order valence-corrected chi connectivity index (χ3v) is 4.73. The molecule has 0 saturated carbocycles. The summed E-state index contributed by atoms with van der Waals surface area (Å²) < 4.78 is 16.9. The van der Waals surface area contributed by atoms with Gasteiger partial charge in [-0.05, 0) is 45.7 Å². The van der Waals surface area contributed by atoms with Gasteiger partial charge in [0.2, 0.25) is 6.10 Å². The fourth-order valence-electron chi connectivity index (χ4n) is 3.31. The van der Waals surface area contributed by atoms with Gasteiger partial charge in [-0.3, -0.25) is 4.79 Å².